The maximum absolute atomic E-state index is 13.0. The van der Waals surface area contributed by atoms with Gasteiger partial charge in [0.15, 0.2) is 11.6 Å². The fraction of sp³-hybridized carbons (Fsp3) is 0.375. The molecule has 0 fully saturated rings. The van der Waals surface area contributed by atoms with Crippen molar-refractivity contribution in [1.29, 1.82) is 0 Å². The van der Waals surface area contributed by atoms with Crippen molar-refractivity contribution in [2.45, 2.75) is 13.8 Å². The van der Waals surface area contributed by atoms with Gasteiger partial charge in [-0.1, -0.05) is 0 Å². The molecule has 1 rings (SSSR count). The normalized spacial score (nSPS) is 9.82. The van der Waals surface area contributed by atoms with Gasteiger partial charge in [-0.05, 0) is 13.8 Å². The Bertz CT molecular complexity index is 273. The fourth-order valence-corrected chi connectivity index (χ4v) is 0.926. The summed E-state index contributed by atoms with van der Waals surface area (Å²) in [7, 11) is 1.44. The molecule has 1 heterocycles. The molecule has 2 nitrogen and oxygen atoms in total. The number of pyridine rings is 1. The molecule has 0 N–H and O–H groups in total. The Labute approximate surface area is 65.0 Å². The van der Waals surface area contributed by atoms with Crippen molar-refractivity contribution in [1.82, 2.24) is 4.98 Å². The number of methoxy groups -OCH3 is 1. The van der Waals surface area contributed by atoms with Crippen LogP contribution >= 0.6 is 0 Å². The molecule has 0 aliphatic carbocycles. The monoisotopic (exact) mass is 155 g/mol. The summed E-state index contributed by atoms with van der Waals surface area (Å²) in [4.78, 5) is 3.93. The molecule has 0 aromatic carbocycles. The summed E-state index contributed by atoms with van der Waals surface area (Å²) in [5.41, 5.74) is 1.14. The average molecular weight is 155 g/mol. The van der Waals surface area contributed by atoms with Gasteiger partial charge in [0.1, 0.15) is 0 Å². The minimum Gasteiger partial charge on any atom is -0.494 e. The van der Waals surface area contributed by atoms with Gasteiger partial charge in [-0.2, -0.15) is 0 Å². The number of aromatic nitrogens is 1. The van der Waals surface area contributed by atoms with Crippen LogP contribution in [0.15, 0.2) is 6.07 Å². The second-order valence-electron chi connectivity index (χ2n) is 2.37. The molecule has 0 bridgehead atoms. The van der Waals surface area contributed by atoms with Crippen molar-refractivity contribution in [2.75, 3.05) is 7.11 Å². The van der Waals surface area contributed by atoms with Crippen molar-refractivity contribution in [3.63, 3.8) is 0 Å². The lowest BCUT2D eigenvalue weighted by molar-refractivity contribution is 0.382. The van der Waals surface area contributed by atoms with Crippen LogP contribution in [0.2, 0.25) is 0 Å². The van der Waals surface area contributed by atoms with E-state index in [4.69, 9.17) is 4.74 Å². The molecular formula is C8H10FNO. The lowest BCUT2D eigenvalue weighted by Crippen LogP contribution is -1.95. The van der Waals surface area contributed by atoms with Crippen molar-refractivity contribution < 1.29 is 9.13 Å². The SMILES string of the molecule is COc1cc(C)nc(C)c1F. The third kappa shape index (κ3) is 1.48. The van der Waals surface area contributed by atoms with E-state index in [1.807, 2.05) is 0 Å². The van der Waals surface area contributed by atoms with E-state index in [1.54, 1.807) is 19.9 Å². The Kier molecular flexibility index (Phi) is 2.08. The molecule has 3 heteroatoms. The minimum absolute atomic E-state index is 0.259. The fourth-order valence-electron chi connectivity index (χ4n) is 0.926. The first-order valence-electron chi connectivity index (χ1n) is 3.33. The van der Waals surface area contributed by atoms with Crippen LogP contribution in [0.25, 0.3) is 0 Å². The summed E-state index contributed by atoms with van der Waals surface area (Å²) in [6.07, 6.45) is 0. The number of rotatable bonds is 1. The molecular weight excluding hydrogens is 145 g/mol. The minimum atomic E-state index is -0.377. The third-order valence-corrected chi connectivity index (χ3v) is 1.44. The van der Waals surface area contributed by atoms with Gasteiger partial charge in [-0.25, -0.2) is 4.39 Å². The first-order chi connectivity index (χ1) is 5.15. The summed E-state index contributed by atoms with van der Waals surface area (Å²) >= 11 is 0. The van der Waals surface area contributed by atoms with E-state index in [-0.39, 0.29) is 11.6 Å². The van der Waals surface area contributed by atoms with E-state index in [0.717, 1.165) is 5.69 Å². The zero-order chi connectivity index (χ0) is 8.43. The molecule has 0 atom stereocenters. The van der Waals surface area contributed by atoms with Crippen LogP contribution in [-0.4, -0.2) is 12.1 Å². The van der Waals surface area contributed by atoms with Crippen molar-refractivity contribution in [3.8, 4) is 5.75 Å². The standard InChI is InChI=1S/C8H10FNO/c1-5-4-7(11-3)8(9)6(2)10-5/h4H,1-3H3. The Morgan fingerprint density at radius 2 is 2.09 bits per heavy atom. The molecule has 0 aliphatic rings. The molecule has 0 unspecified atom stereocenters. The van der Waals surface area contributed by atoms with Gasteiger partial charge in [0.25, 0.3) is 0 Å². The molecule has 11 heavy (non-hydrogen) atoms. The van der Waals surface area contributed by atoms with Gasteiger partial charge < -0.3 is 4.74 Å². The summed E-state index contributed by atoms with van der Waals surface area (Å²) < 4.78 is 17.8. The van der Waals surface area contributed by atoms with E-state index >= 15 is 0 Å². The van der Waals surface area contributed by atoms with Crippen molar-refractivity contribution >= 4 is 0 Å². The quantitative estimate of drug-likeness (QED) is 0.617. The summed E-state index contributed by atoms with van der Waals surface area (Å²) in [6.45, 7) is 3.42. The number of ether oxygens (including phenoxy) is 1. The zero-order valence-corrected chi connectivity index (χ0v) is 6.81. The zero-order valence-electron chi connectivity index (χ0n) is 6.81. The second kappa shape index (κ2) is 2.86. The van der Waals surface area contributed by atoms with Crippen LogP contribution in [0.4, 0.5) is 4.39 Å². The maximum atomic E-state index is 13.0. The lowest BCUT2D eigenvalue weighted by Gasteiger charge is -2.04. The highest BCUT2D eigenvalue weighted by molar-refractivity contribution is 5.28. The highest BCUT2D eigenvalue weighted by Gasteiger charge is 2.06. The molecule has 0 radical (unpaired) electrons. The van der Waals surface area contributed by atoms with Crippen LogP contribution < -0.4 is 4.74 Å². The van der Waals surface area contributed by atoms with Crippen LogP contribution in [-0.2, 0) is 0 Å². The molecule has 0 spiro atoms. The van der Waals surface area contributed by atoms with E-state index in [2.05, 4.69) is 4.98 Å². The van der Waals surface area contributed by atoms with Crippen molar-refractivity contribution in [3.05, 3.63) is 23.3 Å². The summed E-state index contributed by atoms with van der Waals surface area (Å²) in [5, 5.41) is 0. The predicted octanol–water partition coefficient (Wildman–Crippen LogP) is 1.85. The van der Waals surface area contributed by atoms with Gasteiger partial charge >= 0.3 is 0 Å². The van der Waals surface area contributed by atoms with Crippen LogP contribution in [0.3, 0.4) is 0 Å². The Morgan fingerprint density at radius 3 is 2.64 bits per heavy atom. The van der Waals surface area contributed by atoms with E-state index in [1.165, 1.54) is 7.11 Å². The predicted molar refractivity (Wildman–Crippen MR) is 40.2 cm³/mol. The van der Waals surface area contributed by atoms with Gasteiger partial charge in [-0.3, -0.25) is 4.98 Å². The molecule has 60 valence electrons. The van der Waals surface area contributed by atoms with E-state index in [0.29, 0.717) is 5.69 Å². The number of hydrogen-bond acceptors (Lipinski definition) is 2. The van der Waals surface area contributed by atoms with Crippen molar-refractivity contribution in [2.24, 2.45) is 0 Å². The smallest absolute Gasteiger partial charge is 0.186 e. The lowest BCUT2D eigenvalue weighted by atomic mass is 10.3. The number of nitrogens with zero attached hydrogens (tertiary/aromatic N) is 1. The first-order valence-corrected chi connectivity index (χ1v) is 3.33. The van der Waals surface area contributed by atoms with Gasteiger partial charge in [0, 0.05) is 11.8 Å². The highest BCUT2D eigenvalue weighted by Crippen LogP contribution is 2.18. The molecule has 1 aromatic rings. The Morgan fingerprint density at radius 1 is 1.45 bits per heavy atom. The van der Waals surface area contributed by atoms with Crippen LogP contribution in [0.5, 0.6) is 5.75 Å². The van der Waals surface area contributed by atoms with Crippen LogP contribution in [0, 0.1) is 19.7 Å². The molecule has 0 saturated carbocycles. The molecule has 0 amide bonds. The Hall–Kier alpha value is -1.12. The summed E-state index contributed by atoms with van der Waals surface area (Å²) in [5.74, 6) is -0.117. The molecule has 1 aromatic heterocycles. The number of halogens is 1. The maximum Gasteiger partial charge on any atom is 0.186 e. The van der Waals surface area contributed by atoms with E-state index < -0.39 is 0 Å². The average Bonchev–Trinajstić information content (AvgIpc) is 1.96. The topological polar surface area (TPSA) is 22.1 Å². The van der Waals surface area contributed by atoms with E-state index in [9.17, 15) is 4.39 Å². The number of aryl methyl sites for hydroxylation is 2. The first kappa shape index (κ1) is 7.98. The van der Waals surface area contributed by atoms with Gasteiger partial charge in [0.05, 0.1) is 12.8 Å². The number of hydrogen-bond donors (Lipinski definition) is 0. The third-order valence-electron chi connectivity index (χ3n) is 1.44. The molecule has 0 aliphatic heterocycles. The highest BCUT2D eigenvalue weighted by atomic mass is 19.1. The van der Waals surface area contributed by atoms with Gasteiger partial charge in [-0.15, -0.1) is 0 Å². The van der Waals surface area contributed by atoms with Crippen LogP contribution in [0.1, 0.15) is 11.4 Å². The summed E-state index contributed by atoms with van der Waals surface area (Å²) in [6, 6.07) is 1.57. The molecule has 0 saturated heterocycles. The Balaban J connectivity index is 3.24. The second-order valence-corrected chi connectivity index (χ2v) is 2.37. The largest absolute Gasteiger partial charge is 0.494 e. The van der Waals surface area contributed by atoms with Gasteiger partial charge in [0.2, 0.25) is 0 Å².